The Balaban J connectivity index is 1.38. The smallest absolute Gasteiger partial charge is 0.255 e. The summed E-state index contributed by atoms with van der Waals surface area (Å²) in [5.41, 5.74) is 2.26. The van der Waals surface area contributed by atoms with Crippen molar-refractivity contribution < 1.29 is 13.2 Å². The number of carbonyl (C=O) groups is 1. The van der Waals surface area contributed by atoms with E-state index in [-0.39, 0.29) is 15.7 Å². The van der Waals surface area contributed by atoms with Crippen molar-refractivity contribution in [1.29, 1.82) is 0 Å². The summed E-state index contributed by atoms with van der Waals surface area (Å²) in [5.74, 6) is 0.908. The van der Waals surface area contributed by atoms with Crippen LogP contribution in [0, 0.1) is 6.92 Å². The first kappa shape index (κ1) is 21.4. The van der Waals surface area contributed by atoms with E-state index in [2.05, 4.69) is 4.98 Å². The molecule has 0 radical (unpaired) electrons. The molecule has 3 aromatic rings. The Morgan fingerprint density at radius 1 is 1.03 bits per heavy atom. The van der Waals surface area contributed by atoms with Crippen LogP contribution >= 0.6 is 11.8 Å². The highest BCUT2D eigenvalue weighted by Gasteiger charge is 2.48. The number of thioether (sulfide) groups is 1. The number of benzene rings is 2. The number of hydrogen-bond acceptors (Lipinski definition) is 5. The van der Waals surface area contributed by atoms with Crippen LogP contribution in [0.2, 0.25) is 0 Å². The van der Waals surface area contributed by atoms with Crippen LogP contribution in [0.5, 0.6) is 0 Å². The molecular weight excluding hydrogens is 442 g/mol. The van der Waals surface area contributed by atoms with Crippen LogP contribution in [-0.4, -0.2) is 58.8 Å². The summed E-state index contributed by atoms with van der Waals surface area (Å²) in [4.78, 5) is 19.5. The summed E-state index contributed by atoms with van der Waals surface area (Å²) in [5, 5.41) is 0.809. The number of pyridine rings is 1. The van der Waals surface area contributed by atoms with E-state index >= 15 is 0 Å². The second-order valence-electron chi connectivity index (χ2n) is 8.36. The topological polar surface area (TPSA) is 70.6 Å². The highest BCUT2D eigenvalue weighted by Crippen LogP contribution is 2.45. The number of fused-ring (bicyclic) bond motifs is 1. The molecule has 2 fully saturated rings. The monoisotopic (exact) mass is 467 g/mol. The zero-order chi connectivity index (χ0) is 22.3. The van der Waals surface area contributed by atoms with E-state index in [0.717, 1.165) is 16.7 Å². The number of piperidine rings is 1. The first-order valence-electron chi connectivity index (χ1n) is 10.8. The van der Waals surface area contributed by atoms with Gasteiger partial charge in [-0.1, -0.05) is 35.9 Å². The summed E-state index contributed by atoms with van der Waals surface area (Å²) < 4.78 is 28.5. The van der Waals surface area contributed by atoms with Crippen molar-refractivity contribution in [2.24, 2.45) is 0 Å². The Labute approximate surface area is 192 Å². The fourth-order valence-electron chi connectivity index (χ4n) is 4.74. The first-order chi connectivity index (χ1) is 15.4. The summed E-state index contributed by atoms with van der Waals surface area (Å²) in [6.07, 6.45) is 2.86. The third kappa shape index (κ3) is 3.60. The molecule has 1 aromatic heterocycles. The van der Waals surface area contributed by atoms with Crippen LogP contribution in [-0.2, 0) is 10.0 Å². The molecule has 5 rings (SSSR count). The minimum atomic E-state index is -3.67. The molecule has 1 amide bonds. The number of aryl methyl sites for hydroxylation is 1. The average Bonchev–Trinajstić information content (AvgIpc) is 3.21. The predicted molar refractivity (Wildman–Crippen MR) is 127 cm³/mol. The van der Waals surface area contributed by atoms with Crippen molar-refractivity contribution in [2.45, 2.75) is 29.5 Å². The lowest BCUT2D eigenvalue weighted by Crippen LogP contribution is -2.53. The van der Waals surface area contributed by atoms with Gasteiger partial charge in [0.15, 0.2) is 0 Å². The quantitative estimate of drug-likeness (QED) is 0.584. The highest BCUT2D eigenvalue weighted by atomic mass is 32.2. The van der Waals surface area contributed by atoms with Gasteiger partial charge < -0.3 is 4.90 Å². The van der Waals surface area contributed by atoms with Crippen molar-refractivity contribution in [2.75, 3.05) is 25.4 Å². The maximum Gasteiger partial charge on any atom is 0.255 e. The Bertz CT molecular complexity index is 1280. The molecule has 0 aliphatic carbocycles. The predicted octanol–water partition coefficient (Wildman–Crippen LogP) is 3.91. The number of aromatic nitrogens is 1. The number of hydrogen-bond donors (Lipinski definition) is 0. The molecule has 2 aliphatic heterocycles. The summed E-state index contributed by atoms with van der Waals surface area (Å²) in [6, 6.07) is 16.6. The van der Waals surface area contributed by atoms with Gasteiger partial charge in [-0.15, -0.1) is 11.8 Å². The molecule has 166 valence electrons. The molecule has 0 unspecified atom stereocenters. The number of sulfonamides is 1. The van der Waals surface area contributed by atoms with Gasteiger partial charge in [0.2, 0.25) is 10.0 Å². The largest absolute Gasteiger partial charge is 0.323 e. The molecule has 8 heteroatoms. The average molecular weight is 468 g/mol. The van der Waals surface area contributed by atoms with Gasteiger partial charge in [-0.2, -0.15) is 4.31 Å². The van der Waals surface area contributed by atoms with Crippen molar-refractivity contribution in [3.8, 4) is 0 Å². The lowest BCUT2D eigenvalue weighted by molar-refractivity contribution is 0.0605. The number of nitrogens with zero attached hydrogens (tertiary/aromatic N) is 3. The van der Waals surface area contributed by atoms with E-state index in [1.807, 2.05) is 48.2 Å². The lowest BCUT2D eigenvalue weighted by atomic mass is 10.0. The van der Waals surface area contributed by atoms with Gasteiger partial charge in [-0.25, -0.2) is 8.42 Å². The fraction of sp³-hybridized carbons (Fsp3) is 0.333. The Morgan fingerprint density at radius 2 is 1.78 bits per heavy atom. The van der Waals surface area contributed by atoms with E-state index in [1.54, 1.807) is 40.5 Å². The number of para-hydroxylation sites is 1. The van der Waals surface area contributed by atoms with E-state index < -0.39 is 10.0 Å². The molecule has 2 aliphatic rings. The number of amides is 1. The third-order valence-corrected chi connectivity index (χ3v) is 9.89. The van der Waals surface area contributed by atoms with Gasteiger partial charge >= 0.3 is 0 Å². The molecule has 0 N–H and O–H groups in total. The molecule has 6 nitrogen and oxygen atoms in total. The van der Waals surface area contributed by atoms with Gasteiger partial charge in [-0.05, 0) is 44.0 Å². The minimum Gasteiger partial charge on any atom is -0.323 e. The van der Waals surface area contributed by atoms with Gasteiger partial charge in [0, 0.05) is 42.5 Å². The molecule has 2 saturated heterocycles. The summed E-state index contributed by atoms with van der Waals surface area (Å²) in [6.45, 7) is 3.44. The van der Waals surface area contributed by atoms with Crippen LogP contribution < -0.4 is 0 Å². The second-order valence-corrected chi connectivity index (χ2v) is 11.7. The Morgan fingerprint density at radius 3 is 2.56 bits per heavy atom. The summed E-state index contributed by atoms with van der Waals surface area (Å²) >= 11 is 1.78. The zero-order valence-corrected chi connectivity index (χ0v) is 19.5. The molecule has 0 saturated carbocycles. The molecule has 32 heavy (non-hydrogen) atoms. The number of rotatable bonds is 3. The van der Waals surface area contributed by atoms with Crippen molar-refractivity contribution in [1.82, 2.24) is 14.2 Å². The van der Waals surface area contributed by atoms with Crippen LogP contribution in [0.3, 0.4) is 0 Å². The SMILES string of the molecule is Cc1cccc(C(=O)N2CCSC23CCN(S(=O)(=O)c2cccc4cccnc24)CC3)c1. The van der Waals surface area contributed by atoms with Crippen LogP contribution in [0.1, 0.15) is 28.8 Å². The van der Waals surface area contributed by atoms with Gasteiger partial charge in [0.1, 0.15) is 4.90 Å². The molecule has 0 atom stereocenters. The second kappa shape index (κ2) is 8.17. The van der Waals surface area contributed by atoms with Gasteiger partial charge in [-0.3, -0.25) is 9.78 Å². The normalized spacial score (nSPS) is 19.0. The Kier molecular flexibility index (Phi) is 5.47. The lowest BCUT2D eigenvalue weighted by Gasteiger charge is -2.43. The van der Waals surface area contributed by atoms with E-state index in [0.29, 0.717) is 43.6 Å². The minimum absolute atomic E-state index is 0.0354. The molecule has 1 spiro atoms. The van der Waals surface area contributed by atoms with Crippen LogP contribution in [0.15, 0.2) is 65.7 Å². The molecule has 3 heterocycles. The Hall–Kier alpha value is -2.42. The van der Waals surface area contributed by atoms with Crippen LogP contribution in [0.25, 0.3) is 10.9 Å². The van der Waals surface area contributed by atoms with E-state index in [4.69, 9.17) is 0 Å². The standard InChI is InChI=1S/C24H25N3O3S2/c1-18-5-2-7-20(17-18)23(28)27-15-16-31-24(27)10-13-26(14-11-24)32(29,30)21-9-3-6-19-8-4-12-25-22(19)21/h2-9,12,17H,10-11,13-16H2,1H3. The fourth-order valence-corrected chi connectivity index (χ4v) is 7.80. The molecular formula is C24H25N3O3S2. The summed E-state index contributed by atoms with van der Waals surface area (Å²) in [7, 11) is -3.67. The van der Waals surface area contributed by atoms with Gasteiger partial charge in [0.05, 0.1) is 10.4 Å². The first-order valence-corrected chi connectivity index (χ1v) is 13.2. The maximum atomic E-state index is 13.5. The third-order valence-electron chi connectivity index (χ3n) is 6.40. The van der Waals surface area contributed by atoms with E-state index in [1.165, 1.54) is 0 Å². The van der Waals surface area contributed by atoms with E-state index in [9.17, 15) is 13.2 Å². The van der Waals surface area contributed by atoms with Crippen molar-refractivity contribution >= 4 is 38.6 Å². The molecule has 0 bridgehead atoms. The van der Waals surface area contributed by atoms with Crippen molar-refractivity contribution in [3.05, 3.63) is 71.9 Å². The maximum absolute atomic E-state index is 13.5. The van der Waals surface area contributed by atoms with Crippen molar-refractivity contribution in [3.63, 3.8) is 0 Å². The molecule has 2 aromatic carbocycles. The number of carbonyl (C=O) groups excluding carboxylic acids is 1. The highest BCUT2D eigenvalue weighted by molar-refractivity contribution is 8.00. The zero-order valence-electron chi connectivity index (χ0n) is 17.9. The van der Waals surface area contributed by atoms with Gasteiger partial charge in [0.25, 0.3) is 5.91 Å². The van der Waals surface area contributed by atoms with Crippen LogP contribution in [0.4, 0.5) is 0 Å².